The minimum absolute atomic E-state index is 0.191. The lowest BCUT2D eigenvalue weighted by molar-refractivity contribution is -0.146. The molecule has 0 bridgehead atoms. The van der Waals surface area contributed by atoms with E-state index in [-0.39, 0.29) is 18.9 Å². The van der Waals surface area contributed by atoms with Crippen molar-refractivity contribution in [2.45, 2.75) is 33.6 Å². The Morgan fingerprint density at radius 3 is 2.23 bits per heavy atom. The molecule has 0 amide bonds. The molecule has 0 aromatic carbocycles. The van der Waals surface area contributed by atoms with E-state index in [9.17, 15) is 13.6 Å². The molecular formula is C9H16F2O2. The zero-order chi connectivity index (χ0) is 10.4. The fourth-order valence-corrected chi connectivity index (χ4v) is 1.03. The molecule has 0 aromatic heterocycles. The van der Waals surface area contributed by atoms with E-state index >= 15 is 0 Å². The summed E-state index contributed by atoms with van der Waals surface area (Å²) in [4.78, 5) is 10.9. The topological polar surface area (TPSA) is 26.3 Å². The van der Waals surface area contributed by atoms with Gasteiger partial charge in [-0.15, -0.1) is 0 Å². The second-order valence-electron chi connectivity index (χ2n) is 3.25. The lowest BCUT2D eigenvalue weighted by atomic mass is 9.93. The van der Waals surface area contributed by atoms with E-state index in [1.54, 1.807) is 20.8 Å². The van der Waals surface area contributed by atoms with Crippen molar-refractivity contribution in [2.24, 2.45) is 11.8 Å². The first kappa shape index (κ1) is 12.3. The van der Waals surface area contributed by atoms with Gasteiger partial charge in [0.2, 0.25) is 6.43 Å². The minimum Gasteiger partial charge on any atom is -0.466 e. The molecule has 0 heterocycles. The lowest BCUT2D eigenvalue weighted by Gasteiger charge is -2.18. The maximum Gasteiger partial charge on any atom is 0.306 e. The molecule has 0 saturated carbocycles. The van der Waals surface area contributed by atoms with Gasteiger partial charge in [-0.05, 0) is 12.8 Å². The van der Waals surface area contributed by atoms with Crippen molar-refractivity contribution < 1.29 is 18.3 Å². The first-order chi connectivity index (χ1) is 5.99. The summed E-state index contributed by atoms with van der Waals surface area (Å²) < 4.78 is 29.3. The van der Waals surface area contributed by atoms with Crippen molar-refractivity contribution in [3.63, 3.8) is 0 Å². The minimum atomic E-state index is -2.45. The summed E-state index contributed by atoms with van der Waals surface area (Å²) in [6.07, 6.45) is -2.65. The van der Waals surface area contributed by atoms with Crippen LogP contribution >= 0.6 is 0 Å². The van der Waals surface area contributed by atoms with Gasteiger partial charge in [0.05, 0.1) is 13.0 Å². The number of ether oxygens (including phenoxy) is 1. The van der Waals surface area contributed by atoms with Gasteiger partial charge in [-0.2, -0.15) is 0 Å². The molecule has 78 valence electrons. The summed E-state index contributed by atoms with van der Waals surface area (Å²) in [7, 11) is 0. The molecule has 0 aromatic rings. The van der Waals surface area contributed by atoms with Gasteiger partial charge in [-0.3, -0.25) is 4.79 Å². The van der Waals surface area contributed by atoms with Crippen molar-refractivity contribution >= 4 is 5.97 Å². The Morgan fingerprint density at radius 2 is 1.92 bits per heavy atom. The van der Waals surface area contributed by atoms with E-state index in [1.807, 2.05) is 0 Å². The summed E-state index contributed by atoms with van der Waals surface area (Å²) in [5.74, 6) is -1.63. The van der Waals surface area contributed by atoms with Gasteiger partial charge in [0.25, 0.3) is 0 Å². The average Bonchev–Trinajstić information content (AvgIpc) is 1.99. The van der Waals surface area contributed by atoms with Gasteiger partial charge < -0.3 is 4.74 Å². The fourth-order valence-electron chi connectivity index (χ4n) is 1.03. The number of alkyl halides is 2. The van der Waals surface area contributed by atoms with Crippen LogP contribution in [0.5, 0.6) is 0 Å². The molecule has 0 fully saturated rings. The number of esters is 1. The molecule has 4 heteroatoms. The van der Waals surface area contributed by atoms with Crippen LogP contribution in [0.4, 0.5) is 8.78 Å². The van der Waals surface area contributed by atoms with Crippen molar-refractivity contribution in [2.75, 3.05) is 6.61 Å². The molecule has 0 saturated heterocycles. The highest BCUT2D eigenvalue weighted by molar-refractivity contribution is 5.69. The fraction of sp³-hybridized carbons (Fsp3) is 0.889. The van der Waals surface area contributed by atoms with Crippen molar-refractivity contribution in [1.29, 1.82) is 0 Å². The smallest absolute Gasteiger partial charge is 0.306 e. The van der Waals surface area contributed by atoms with Crippen LogP contribution in [0.25, 0.3) is 0 Å². The third-order valence-corrected chi connectivity index (χ3v) is 1.89. The first-order valence-corrected chi connectivity index (χ1v) is 4.42. The highest BCUT2D eigenvalue weighted by atomic mass is 19.3. The first-order valence-electron chi connectivity index (χ1n) is 4.42. The Hall–Kier alpha value is -0.670. The number of hydrogen-bond donors (Lipinski definition) is 0. The van der Waals surface area contributed by atoms with Crippen LogP contribution < -0.4 is 0 Å². The van der Waals surface area contributed by atoms with Gasteiger partial charge in [-0.25, -0.2) is 8.78 Å². The second-order valence-corrected chi connectivity index (χ2v) is 3.25. The van der Waals surface area contributed by atoms with E-state index in [4.69, 9.17) is 0 Å². The number of hydrogen-bond acceptors (Lipinski definition) is 2. The van der Waals surface area contributed by atoms with E-state index in [0.717, 1.165) is 0 Å². The zero-order valence-electron chi connectivity index (χ0n) is 8.22. The largest absolute Gasteiger partial charge is 0.466 e. The van der Waals surface area contributed by atoms with Crippen LogP contribution in [0.15, 0.2) is 0 Å². The van der Waals surface area contributed by atoms with Gasteiger partial charge in [0.15, 0.2) is 0 Å². The number of halogens is 2. The van der Waals surface area contributed by atoms with E-state index < -0.39 is 18.3 Å². The molecule has 13 heavy (non-hydrogen) atoms. The van der Waals surface area contributed by atoms with Crippen LogP contribution in [0, 0.1) is 11.8 Å². The Kier molecular flexibility index (Phi) is 5.58. The highest BCUT2D eigenvalue weighted by Gasteiger charge is 2.26. The van der Waals surface area contributed by atoms with Gasteiger partial charge in [0, 0.05) is 5.92 Å². The molecule has 0 rings (SSSR count). The monoisotopic (exact) mass is 194 g/mol. The maximum atomic E-state index is 12.3. The SMILES string of the molecule is CCOC(=O)CC(C(C)C)C(F)F. The van der Waals surface area contributed by atoms with Crippen LogP contribution in [0.1, 0.15) is 27.2 Å². The Morgan fingerprint density at radius 1 is 1.38 bits per heavy atom. The molecule has 0 aliphatic carbocycles. The predicted molar refractivity (Wildman–Crippen MR) is 45.6 cm³/mol. The van der Waals surface area contributed by atoms with E-state index in [0.29, 0.717) is 0 Å². The molecule has 0 radical (unpaired) electrons. The third kappa shape index (κ3) is 4.80. The standard InChI is InChI=1S/C9H16F2O2/c1-4-13-8(12)5-7(6(2)3)9(10)11/h6-7,9H,4-5H2,1-3H3. The van der Waals surface area contributed by atoms with Crippen molar-refractivity contribution in [3.8, 4) is 0 Å². The summed E-state index contributed by atoms with van der Waals surface area (Å²) >= 11 is 0. The van der Waals surface area contributed by atoms with Crippen molar-refractivity contribution in [1.82, 2.24) is 0 Å². The number of rotatable bonds is 5. The summed E-state index contributed by atoms with van der Waals surface area (Å²) in [5, 5.41) is 0. The van der Waals surface area contributed by atoms with Crippen LogP contribution in [0.2, 0.25) is 0 Å². The zero-order valence-corrected chi connectivity index (χ0v) is 8.22. The highest BCUT2D eigenvalue weighted by Crippen LogP contribution is 2.23. The number of carbonyl (C=O) groups is 1. The van der Waals surface area contributed by atoms with Gasteiger partial charge in [0.1, 0.15) is 0 Å². The normalized spacial score (nSPS) is 13.5. The average molecular weight is 194 g/mol. The van der Waals surface area contributed by atoms with E-state index in [1.165, 1.54) is 0 Å². The van der Waals surface area contributed by atoms with Crippen molar-refractivity contribution in [3.05, 3.63) is 0 Å². The quantitative estimate of drug-likeness (QED) is 0.628. The lowest BCUT2D eigenvalue weighted by Crippen LogP contribution is -2.22. The molecule has 0 aliphatic rings. The van der Waals surface area contributed by atoms with Crippen LogP contribution in [0.3, 0.4) is 0 Å². The van der Waals surface area contributed by atoms with Gasteiger partial charge in [-0.1, -0.05) is 13.8 Å². The molecule has 2 nitrogen and oxygen atoms in total. The van der Waals surface area contributed by atoms with Crippen LogP contribution in [-0.2, 0) is 9.53 Å². The molecular weight excluding hydrogens is 178 g/mol. The summed E-state index contributed by atoms with van der Waals surface area (Å²) in [5.41, 5.74) is 0. The van der Waals surface area contributed by atoms with Crippen LogP contribution in [-0.4, -0.2) is 19.0 Å². The Balaban J connectivity index is 4.02. The molecule has 0 N–H and O–H groups in total. The third-order valence-electron chi connectivity index (χ3n) is 1.89. The van der Waals surface area contributed by atoms with E-state index in [2.05, 4.69) is 4.74 Å². The second kappa shape index (κ2) is 5.89. The Labute approximate surface area is 77.3 Å². The Bertz CT molecular complexity index is 150. The number of carbonyl (C=O) groups excluding carboxylic acids is 1. The molecule has 1 atom stereocenters. The van der Waals surface area contributed by atoms with Gasteiger partial charge >= 0.3 is 5.97 Å². The molecule has 0 aliphatic heterocycles. The predicted octanol–water partition coefficient (Wildman–Crippen LogP) is 2.48. The summed E-state index contributed by atoms with van der Waals surface area (Å²) in [6, 6.07) is 0. The molecule has 1 unspecified atom stereocenters. The summed E-state index contributed by atoms with van der Waals surface area (Å²) in [6.45, 7) is 5.25. The maximum absolute atomic E-state index is 12.3. The molecule has 0 spiro atoms.